The maximum absolute atomic E-state index is 14.7. The van der Waals surface area contributed by atoms with E-state index in [1.807, 2.05) is 29.2 Å². The first-order chi connectivity index (χ1) is 23.1. The van der Waals surface area contributed by atoms with E-state index in [0.29, 0.717) is 28.7 Å². The zero-order valence-electron chi connectivity index (χ0n) is 26.9. The van der Waals surface area contributed by atoms with Crippen LogP contribution in [0.3, 0.4) is 0 Å². The van der Waals surface area contributed by atoms with Gasteiger partial charge in [0, 0.05) is 36.2 Å². The average Bonchev–Trinajstić information content (AvgIpc) is 3.74. The van der Waals surface area contributed by atoms with Crippen molar-refractivity contribution in [3.8, 4) is 5.75 Å². The minimum Gasteiger partial charge on any atom is -0.493 e. The summed E-state index contributed by atoms with van der Waals surface area (Å²) in [5.74, 6) is 0.267. The Morgan fingerprint density at radius 1 is 0.833 bits per heavy atom. The number of amides is 2. The first-order valence-electron chi connectivity index (χ1n) is 16.6. The number of hydrogen-bond donors (Lipinski definition) is 0. The number of benzene rings is 3. The fourth-order valence-electron chi connectivity index (χ4n) is 6.85. The highest BCUT2D eigenvalue weighted by Gasteiger charge is 2.45. The summed E-state index contributed by atoms with van der Waals surface area (Å²) in [6.45, 7) is 8.80. The van der Waals surface area contributed by atoms with Crippen molar-refractivity contribution in [2.75, 3.05) is 59.0 Å². The number of aliphatic imine (C=N–C) groups is 1. The molecular weight excluding hydrogens is 662 g/mol. The second kappa shape index (κ2) is 15.1. The molecule has 3 aromatic rings. The highest BCUT2D eigenvalue weighted by molar-refractivity contribution is 6.30. The van der Waals surface area contributed by atoms with Gasteiger partial charge in [-0.1, -0.05) is 47.5 Å². The second-order valence-corrected chi connectivity index (χ2v) is 13.3. The first-order valence-corrected chi connectivity index (χ1v) is 17.3. The van der Waals surface area contributed by atoms with Gasteiger partial charge in [-0.05, 0) is 106 Å². The van der Waals surface area contributed by atoms with Crippen molar-refractivity contribution in [1.29, 1.82) is 0 Å². The van der Waals surface area contributed by atoms with Crippen LogP contribution in [0, 0.1) is 0 Å². The van der Waals surface area contributed by atoms with Crippen LogP contribution in [-0.4, -0.2) is 90.4 Å². The molecule has 0 radical (unpaired) electrons. The fourth-order valence-corrected chi connectivity index (χ4v) is 7.10. The van der Waals surface area contributed by atoms with E-state index in [-0.39, 0.29) is 24.2 Å². The van der Waals surface area contributed by atoms with E-state index in [9.17, 15) is 18.0 Å². The van der Waals surface area contributed by atoms with Crippen molar-refractivity contribution in [1.82, 2.24) is 19.6 Å². The van der Waals surface area contributed by atoms with E-state index < -0.39 is 23.8 Å². The molecule has 3 heterocycles. The number of ether oxygens (including phenoxy) is 1. The van der Waals surface area contributed by atoms with Gasteiger partial charge >= 0.3 is 12.2 Å². The fraction of sp³-hybridized carbons (Fsp3) is 0.444. The molecular formula is C36H40Cl2F3N5O2. The number of carbonyl (C=O) groups excluding carboxylic acids is 1. The molecule has 12 heteroatoms. The summed E-state index contributed by atoms with van der Waals surface area (Å²) in [6.07, 6.45) is -0.927. The van der Waals surface area contributed by atoms with Gasteiger partial charge in [0.25, 0.3) is 0 Å². The molecule has 2 amide bonds. The van der Waals surface area contributed by atoms with Gasteiger partial charge in [-0.3, -0.25) is 14.8 Å². The van der Waals surface area contributed by atoms with Crippen molar-refractivity contribution in [3.05, 3.63) is 99.0 Å². The third kappa shape index (κ3) is 7.77. The van der Waals surface area contributed by atoms with Gasteiger partial charge in [-0.2, -0.15) is 13.2 Å². The number of halogens is 5. The molecule has 48 heavy (non-hydrogen) atoms. The third-order valence-corrected chi connectivity index (χ3v) is 9.84. The van der Waals surface area contributed by atoms with Crippen molar-refractivity contribution >= 4 is 35.1 Å². The number of hydrogen-bond acceptors (Lipinski definition) is 5. The van der Waals surface area contributed by atoms with Crippen LogP contribution in [0.4, 0.5) is 18.0 Å². The summed E-state index contributed by atoms with van der Waals surface area (Å²) in [5, 5.41) is 1.10. The molecule has 256 valence electrons. The molecule has 0 saturated carbocycles. The molecule has 6 rings (SSSR count). The van der Waals surface area contributed by atoms with Gasteiger partial charge in [0.15, 0.2) is 0 Å². The van der Waals surface area contributed by atoms with Crippen LogP contribution in [0.2, 0.25) is 10.0 Å². The normalized spacial score (nSPS) is 20.8. The lowest BCUT2D eigenvalue weighted by atomic mass is 9.93. The lowest BCUT2D eigenvalue weighted by Crippen LogP contribution is -2.54. The quantitative estimate of drug-likeness (QED) is 0.226. The zero-order chi connectivity index (χ0) is 33.8. The first kappa shape index (κ1) is 34.5. The Labute approximate surface area is 289 Å². The molecule has 7 nitrogen and oxygen atoms in total. The number of carbonyl (C=O) groups is 1. The molecule has 3 aromatic carbocycles. The van der Waals surface area contributed by atoms with E-state index in [0.717, 1.165) is 55.9 Å². The lowest BCUT2D eigenvalue weighted by Gasteiger charge is -2.39. The van der Waals surface area contributed by atoms with Crippen molar-refractivity contribution in [2.45, 2.75) is 44.4 Å². The highest BCUT2D eigenvalue weighted by atomic mass is 35.5. The van der Waals surface area contributed by atoms with Crippen LogP contribution in [-0.2, 0) is 6.18 Å². The number of nitrogens with zero attached hydrogens (tertiary/aromatic N) is 5. The molecule has 2 unspecified atom stereocenters. The Hall–Kier alpha value is -3.31. The number of urea groups is 1. The Bertz CT molecular complexity index is 1590. The smallest absolute Gasteiger partial charge is 0.416 e. The van der Waals surface area contributed by atoms with Crippen LogP contribution < -0.4 is 4.74 Å². The topological polar surface area (TPSA) is 51.6 Å². The monoisotopic (exact) mass is 701 g/mol. The minimum atomic E-state index is -4.57. The van der Waals surface area contributed by atoms with E-state index in [2.05, 4.69) is 9.80 Å². The molecule has 2 atom stereocenters. The van der Waals surface area contributed by atoms with Gasteiger partial charge in [-0.15, -0.1) is 0 Å². The van der Waals surface area contributed by atoms with E-state index in [1.54, 1.807) is 36.1 Å². The number of likely N-dealkylation sites (tertiary alicyclic amines) is 1. The van der Waals surface area contributed by atoms with E-state index in [1.165, 1.54) is 32.0 Å². The number of rotatable bonds is 9. The van der Waals surface area contributed by atoms with Crippen LogP contribution in [0.5, 0.6) is 5.75 Å². The highest BCUT2D eigenvalue weighted by Crippen LogP contribution is 2.46. The number of alkyl halides is 3. The van der Waals surface area contributed by atoms with Crippen LogP contribution in [0.25, 0.3) is 0 Å². The molecule has 0 spiro atoms. The van der Waals surface area contributed by atoms with Crippen molar-refractivity contribution in [2.24, 2.45) is 4.99 Å². The Kier molecular flexibility index (Phi) is 10.8. The average molecular weight is 703 g/mol. The molecule has 3 aliphatic heterocycles. The number of amidine groups is 1. The molecule has 0 aliphatic carbocycles. The molecule has 0 bridgehead atoms. The Balaban J connectivity index is 1.35. The number of piperazine rings is 1. The van der Waals surface area contributed by atoms with Crippen molar-refractivity contribution in [3.63, 3.8) is 0 Å². The molecule has 2 fully saturated rings. The largest absolute Gasteiger partial charge is 0.493 e. The maximum Gasteiger partial charge on any atom is 0.416 e. The maximum atomic E-state index is 14.7. The Morgan fingerprint density at radius 3 is 2.00 bits per heavy atom. The molecule has 0 aromatic heterocycles. The zero-order valence-corrected chi connectivity index (χ0v) is 28.4. The third-order valence-electron chi connectivity index (χ3n) is 9.34. The summed E-state index contributed by atoms with van der Waals surface area (Å²) in [7, 11) is 0. The van der Waals surface area contributed by atoms with Gasteiger partial charge in [-0.25, -0.2) is 4.79 Å². The summed E-state index contributed by atoms with van der Waals surface area (Å²) < 4.78 is 47.2. The molecule has 0 N–H and O–H groups in total. The van der Waals surface area contributed by atoms with Gasteiger partial charge < -0.3 is 14.5 Å². The van der Waals surface area contributed by atoms with E-state index >= 15 is 0 Å². The SMILES string of the molecule is CCOc1cc(C(F)(F)F)ccc1C1=NC(c2ccc(Cl)cc2)C(c2ccc(Cl)cc2)N1C(=O)N1CCN(CCCN2CCCC2)CC1. The molecule has 3 aliphatic rings. The predicted octanol–water partition coefficient (Wildman–Crippen LogP) is 8.18. The second-order valence-electron chi connectivity index (χ2n) is 12.5. The lowest BCUT2D eigenvalue weighted by molar-refractivity contribution is -0.137. The Morgan fingerprint density at radius 2 is 1.42 bits per heavy atom. The minimum absolute atomic E-state index is 0.0123. The summed E-state index contributed by atoms with van der Waals surface area (Å²) in [6, 6.07) is 16.4. The standard InChI is InChI=1S/C36H40Cl2F3N5O2/c1-2-48-31-24-27(36(39,40)41)10-15-30(31)34-42-32(25-6-11-28(37)12-7-25)33(26-8-13-29(38)14-9-26)46(34)35(47)45-22-20-44(21-23-45)19-5-18-43-16-3-4-17-43/h6-15,24,32-33H,2-5,16-23H2,1H3. The summed E-state index contributed by atoms with van der Waals surface area (Å²) in [4.78, 5) is 28.2. The van der Waals surface area contributed by atoms with Crippen LogP contribution in [0.15, 0.2) is 71.7 Å². The van der Waals surface area contributed by atoms with Crippen LogP contribution >= 0.6 is 23.2 Å². The van der Waals surface area contributed by atoms with Gasteiger partial charge in [0.2, 0.25) is 0 Å². The predicted molar refractivity (Wildman–Crippen MR) is 183 cm³/mol. The summed E-state index contributed by atoms with van der Waals surface area (Å²) in [5.41, 5.74) is 1.07. The van der Waals surface area contributed by atoms with Gasteiger partial charge in [0.1, 0.15) is 17.6 Å². The molecule has 2 saturated heterocycles. The van der Waals surface area contributed by atoms with Crippen molar-refractivity contribution < 1.29 is 22.7 Å². The van der Waals surface area contributed by atoms with Gasteiger partial charge in [0.05, 0.1) is 23.8 Å². The van der Waals surface area contributed by atoms with E-state index in [4.69, 9.17) is 32.9 Å². The summed E-state index contributed by atoms with van der Waals surface area (Å²) >= 11 is 12.5. The van der Waals surface area contributed by atoms with Crippen LogP contribution in [0.1, 0.15) is 60.5 Å².